The molecule has 0 aliphatic carbocycles. The first-order valence-corrected chi connectivity index (χ1v) is 16.7. The van der Waals surface area contributed by atoms with Crippen LogP contribution < -0.4 is 14.4 Å². The predicted molar refractivity (Wildman–Crippen MR) is 164 cm³/mol. The third-order valence-corrected chi connectivity index (χ3v) is 10.5. The topological polar surface area (TPSA) is 98.6 Å². The minimum atomic E-state index is -4.36. The first-order valence-electron chi connectivity index (χ1n) is 13.9. The molecule has 2 saturated heterocycles. The van der Waals surface area contributed by atoms with E-state index in [0.717, 1.165) is 29.9 Å². The summed E-state index contributed by atoms with van der Waals surface area (Å²) in [6.07, 6.45) is -0.565. The smallest absolute Gasteiger partial charge is 0.416 e. The molecule has 43 heavy (non-hydrogen) atoms. The molecule has 0 spiro atoms. The van der Waals surface area contributed by atoms with E-state index in [-0.39, 0.29) is 21.1 Å². The van der Waals surface area contributed by atoms with E-state index in [9.17, 15) is 21.6 Å². The zero-order chi connectivity index (χ0) is 30.6. The number of likely N-dealkylation sites (tertiary alicyclic amines) is 1. The van der Waals surface area contributed by atoms with Crippen molar-refractivity contribution in [3.05, 3.63) is 83.6 Å². The molecule has 3 heterocycles. The summed E-state index contributed by atoms with van der Waals surface area (Å²) in [5.74, 6) is 0.327. The number of sulfonamides is 1. The Morgan fingerprint density at radius 3 is 2.42 bits per heavy atom. The zero-order valence-corrected chi connectivity index (χ0v) is 26.1. The fourth-order valence-corrected chi connectivity index (χ4v) is 7.69. The van der Waals surface area contributed by atoms with Crippen LogP contribution in [0.15, 0.2) is 71.8 Å². The van der Waals surface area contributed by atoms with Gasteiger partial charge in [0.1, 0.15) is 11.0 Å². The molecular weight excluding hydrogens is 694 g/mol. The summed E-state index contributed by atoms with van der Waals surface area (Å²) >= 11 is 2.34. The van der Waals surface area contributed by atoms with Crippen LogP contribution in [0.1, 0.15) is 42.4 Å². The van der Waals surface area contributed by atoms with Crippen LogP contribution in [0.5, 0.6) is 5.88 Å². The summed E-state index contributed by atoms with van der Waals surface area (Å²) < 4.78 is 73.6. The Morgan fingerprint density at radius 2 is 1.79 bits per heavy atom. The van der Waals surface area contributed by atoms with Crippen molar-refractivity contribution in [2.75, 3.05) is 24.5 Å². The third kappa shape index (κ3) is 8.17. The third-order valence-electron chi connectivity index (χ3n) is 7.71. The van der Waals surface area contributed by atoms with Gasteiger partial charge in [0.05, 0.1) is 27.4 Å². The minimum absolute atomic E-state index is 0.0673. The van der Waals surface area contributed by atoms with Crippen molar-refractivity contribution < 1.29 is 26.3 Å². The number of hydrogen-bond acceptors (Lipinski definition) is 7. The van der Waals surface area contributed by atoms with Crippen molar-refractivity contribution in [1.82, 2.24) is 14.6 Å². The van der Waals surface area contributed by atoms with Crippen LogP contribution in [0.2, 0.25) is 0 Å². The first-order chi connectivity index (χ1) is 20.5. The van der Waals surface area contributed by atoms with Crippen molar-refractivity contribution in [2.45, 2.75) is 59.5 Å². The summed E-state index contributed by atoms with van der Waals surface area (Å²) in [5, 5.41) is 9.15. The number of anilines is 1. The van der Waals surface area contributed by atoms with Crippen molar-refractivity contribution in [3.63, 3.8) is 0 Å². The van der Waals surface area contributed by atoms with Gasteiger partial charge in [0.2, 0.25) is 15.9 Å². The summed E-state index contributed by atoms with van der Waals surface area (Å²) in [6.45, 7) is 2.66. The van der Waals surface area contributed by atoms with Crippen LogP contribution in [0.25, 0.3) is 0 Å². The number of pyridine rings is 1. The SMILES string of the molecule is N#Cc1cccc(CN2CCC(NS(=O)(=O)c3ccc(OC4CCN(c5ccc(C(F)(F)F)cc5)CC4)nc3)CC2I)c1. The molecule has 0 saturated carbocycles. The first kappa shape index (κ1) is 31.5. The van der Waals surface area contributed by atoms with Crippen molar-refractivity contribution in [1.29, 1.82) is 5.26 Å². The Hall–Kier alpha value is -2.93. The molecule has 0 radical (unpaired) electrons. The van der Waals surface area contributed by atoms with Gasteiger partial charge in [-0.15, -0.1) is 0 Å². The molecule has 0 amide bonds. The largest absolute Gasteiger partial charge is 0.474 e. The van der Waals surface area contributed by atoms with Crippen LogP contribution in [0, 0.1) is 11.3 Å². The molecule has 1 N–H and O–H groups in total. The van der Waals surface area contributed by atoms with E-state index in [2.05, 4.69) is 43.3 Å². The summed E-state index contributed by atoms with van der Waals surface area (Å²) in [7, 11) is -3.77. The minimum Gasteiger partial charge on any atom is -0.474 e. The molecule has 2 unspecified atom stereocenters. The Bertz CT molecular complexity index is 1540. The summed E-state index contributed by atoms with van der Waals surface area (Å²) in [4.78, 5) is 8.60. The molecule has 3 aromatic rings. The molecule has 8 nitrogen and oxygen atoms in total. The Labute approximate surface area is 263 Å². The van der Waals surface area contributed by atoms with Crippen LogP contribution in [0.4, 0.5) is 18.9 Å². The van der Waals surface area contributed by atoms with Gasteiger partial charge in [-0.3, -0.25) is 4.90 Å². The number of alkyl halides is 4. The molecule has 1 aromatic heterocycles. The average molecular weight is 726 g/mol. The molecular formula is C30H31F3IN5O3S. The number of halogens is 4. The van der Waals surface area contributed by atoms with Crippen LogP contribution in [0.3, 0.4) is 0 Å². The number of rotatable bonds is 8. The number of piperidine rings is 2. The van der Waals surface area contributed by atoms with Crippen LogP contribution in [-0.4, -0.2) is 54.1 Å². The molecule has 2 atom stereocenters. The lowest BCUT2D eigenvalue weighted by atomic mass is 10.0. The number of nitrogens with zero attached hydrogens (tertiary/aromatic N) is 4. The Balaban J connectivity index is 1.09. The van der Waals surface area contributed by atoms with Crippen LogP contribution >= 0.6 is 22.6 Å². The molecule has 2 aliphatic rings. The molecule has 0 bridgehead atoms. The highest BCUT2D eigenvalue weighted by atomic mass is 127. The number of nitriles is 1. The second-order valence-electron chi connectivity index (χ2n) is 10.7. The maximum absolute atomic E-state index is 13.1. The molecule has 2 fully saturated rings. The Kier molecular flexibility index (Phi) is 9.79. The predicted octanol–water partition coefficient (Wildman–Crippen LogP) is 5.72. The van der Waals surface area contributed by atoms with E-state index in [1.54, 1.807) is 12.1 Å². The van der Waals surface area contributed by atoms with Gasteiger partial charge in [-0.1, -0.05) is 34.7 Å². The zero-order valence-electron chi connectivity index (χ0n) is 23.2. The standard InChI is InChI=1S/C30H31F3IN5O3S/c31-30(32,33)23-4-6-25(7-5-23)38-14-11-26(12-15-38)42-29-9-8-27(19-36-29)43(40,41)37-24-10-13-39(28(34)17-24)20-22-3-1-2-21(16-22)18-35/h1-9,16,19,24,26,28,37H,10-15,17,20H2. The monoisotopic (exact) mass is 725 g/mol. The molecule has 5 rings (SSSR count). The fourth-order valence-electron chi connectivity index (χ4n) is 5.37. The number of hydrogen-bond donors (Lipinski definition) is 1. The van der Waals surface area contributed by atoms with Gasteiger partial charge < -0.3 is 9.64 Å². The quantitative estimate of drug-likeness (QED) is 0.180. The number of ether oxygens (including phenoxy) is 1. The second kappa shape index (κ2) is 13.4. The molecule has 13 heteroatoms. The van der Waals surface area contributed by atoms with Crippen molar-refractivity contribution in [3.8, 4) is 11.9 Å². The van der Waals surface area contributed by atoms with E-state index in [1.807, 2.05) is 23.1 Å². The lowest BCUT2D eigenvalue weighted by Crippen LogP contribution is -2.47. The second-order valence-corrected chi connectivity index (χ2v) is 13.9. The van der Waals surface area contributed by atoms with E-state index < -0.39 is 21.8 Å². The molecule has 2 aromatic carbocycles. The van der Waals surface area contributed by atoms with Gasteiger partial charge in [0, 0.05) is 56.8 Å². The van der Waals surface area contributed by atoms with Gasteiger partial charge in [-0.25, -0.2) is 18.1 Å². The van der Waals surface area contributed by atoms with E-state index >= 15 is 0 Å². The van der Waals surface area contributed by atoms with Gasteiger partial charge in [0.15, 0.2) is 0 Å². The van der Waals surface area contributed by atoms with Gasteiger partial charge in [0.25, 0.3) is 0 Å². The van der Waals surface area contributed by atoms with E-state index in [4.69, 9.17) is 10.00 Å². The van der Waals surface area contributed by atoms with E-state index in [0.29, 0.717) is 56.8 Å². The lowest BCUT2D eigenvalue weighted by Gasteiger charge is -2.36. The highest BCUT2D eigenvalue weighted by molar-refractivity contribution is 14.1. The van der Waals surface area contributed by atoms with Gasteiger partial charge in [-0.05, 0) is 60.9 Å². The summed E-state index contributed by atoms with van der Waals surface area (Å²) in [6, 6.07) is 17.7. The summed E-state index contributed by atoms with van der Waals surface area (Å²) in [5.41, 5.74) is 1.74. The maximum atomic E-state index is 13.1. The van der Waals surface area contributed by atoms with Crippen LogP contribution in [-0.2, 0) is 22.7 Å². The number of nitrogens with one attached hydrogen (secondary N) is 1. The van der Waals surface area contributed by atoms with Crippen molar-refractivity contribution in [2.24, 2.45) is 0 Å². The fraction of sp³-hybridized carbons (Fsp3) is 0.400. The van der Waals surface area contributed by atoms with E-state index in [1.165, 1.54) is 24.4 Å². The van der Waals surface area contributed by atoms with Gasteiger partial charge >= 0.3 is 6.18 Å². The number of aromatic nitrogens is 1. The lowest BCUT2D eigenvalue weighted by molar-refractivity contribution is -0.137. The van der Waals surface area contributed by atoms with Crippen molar-refractivity contribution >= 4 is 38.3 Å². The van der Waals surface area contributed by atoms with Gasteiger partial charge in [-0.2, -0.15) is 18.4 Å². The normalized spacial score (nSPS) is 20.5. The number of benzene rings is 2. The maximum Gasteiger partial charge on any atom is 0.416 e. The Morgan fingerprint density at radius 1 is 1.05 bits per heavy atom. The molecule has 228 valence electrons. The highest BCUT2D eigenvalue weighted by Crippen LogP contribution is 2.31. The average Bonchev–Trinajstić information content (AvgIpc) is 2.99. The highest BCUT2D eigenvalue weighted by Gasteiger charge is 2.31. The molecule has 2 aliphatic heterocycles.